The predicted octanol–water partition coefficient (Wildman–Crippen LogP) is 3.47. The Hall–Kier alpha value is -3.04. The molecular formula is C19H21F3N2O5. The molecule has 1 heterocycles. The molecule has 0 aliphatic carbocycles. The molecule has 0 fully saturated rings. The molecule has 0 saturated heterocycles. The minimum atomic E-state index is -4.58. The molecule has 0 unspecified atom stereocenters. The maximum Gasteiger partial charge on any atom is 0.416 e. The van der Waals surface area contributed by atoms with E-state index < -0.39 is 35.8 Å². The van der Waals surface area contributed by atoms with Gasteiger partial charge in [0.05, 0.1) is 23.8 Å². The highest BCUT2D eigenvalue weighted by molar-refractivity contribution is 5.95. The Labute approximate surface area is 165 Å². The van der Waals surface area contributed by atoms with Crippen LogP contribution in [0.25, 0.3) is 0 Å². The van der Waals surface area contributed by atoms with E-state index in [0.717, 1.165) is 12.1 Å². The Kier molecular flexibility index (Phi) is 6.89. The number of nitrogens with zero attached hydrogens (tertiary/aromatic N) is 1. The first-order valence-electron chi connectivity index (χ1n) is 8.91. The molecule has 1 atom stereocenters. The van der Waals surface area contributed by atoms with Gasteiger partial charge in [0.15, 0.2) is 0 Å². The first kappa shape index (κ1) is 22.3. The number of hydrogen-bond donors (Lipinski definition) is 2. The van der Waals surface area contributed by atoms with Gasteiger partial charge in [0.1, 0.15) is 0 Å². The third-order valence-corrected chi connectivity index (χ3v) is 4.41. The second-order valence-corrected chi connectivity index (χ2v) is 6.37. The second-order valence-electron chi connectivity index (χ2n) is 6.37. The molecule has 0 saturated carbocycles. The molecule has 0 radical (unpaired) electrons. The van der Waals surface area contributed by atoms with Crippen molar-refractivity contribution in [2.24, 2.45) is 0 Å². The summed E-state index contributed by atoms with van der Waals surface area (Å²) in [6, 6.07) is 2.58. The maximum atomic E-state index is 13.1. The van der Waals surface area contributed by atoms with Crippen LogP contribution in [0.3, 0.4) is 0 Å². The molecular weight excluding hydrogens is 393 g/mol. The molecule has 2 rings (SSSR count). The van der Waals surface area contributed by atoms with Gasteiger partial charge in [-0.2, -0.15) is 13.2 Å². The number of esters is 1. The Bertz CT molecular complexity index is 835. The number of benzene rings is 1. The number of nitrogens with one attached hydrogen (secondary N) is 1. The van der Waals surface area contributed by atoms with E-state index in [4.69, 9.17) is 9.84 Å². The van der Waals surface area contributed by atoms with E-state index in [2.05, 4.69) is 5.32 Å². The van der Waals surface area contributed by atoms with Crippen LogP contribution in [-0.2, 0) is 20.5 Å². The zero-order valence-corrected chi connectivity index (χ0v) is 15.9. The van der Waals surface area contributed by atoms with Gasteiger partial charge in [-0.3, -0.25) is 9.69 Å². The predicted molar refractivity (Wildman–Crippen MR) is 95.6 cm³/mol. The fourth-order valence-corrected chi connectivity index (χ4v) is 3.06. The number of carboxylic acids is 1. The highest BCUT2D eigenvalue weighted by atomic mass is 19.4. The number of rotatable bonds is 7. The molecule has 2 N–H and O–H groups in total. The highest BCUT2D eigenvalue weighted by Crippen LogP contribution is 2.35. The van der Waals surface area contributed by atoms with Crippen LogP contribution in [0.15, 0.2) is 35.5 Å². The normalized spacial score (nSPS) is 17.2. The molecule has 29 heavy (non-hydrogen) atoms. The lowest BCUT2D eigenvalue weighted by Gasteiger charge is -2.35. The maximum absolute atomic E-state index is 13.1. The molecule has 1 aromatic carbocycles. The van der Waals surface area contributed by atoms with Crippen molar-refractivity contribution in [3.8, 4) is 0 Å². The SMILES string of the molecule is CCOC(=O)C1=C(C)N(CCCC(=O)O)C(=O)N[C@@H]1c1cccc(C(F)(F)F)c1. The Morgan fingerprint density at radius 3 is 2.59 bits per heavy atom. The van der Waals surface area contributed by atoms with Crippen molar-refractivity contribution in [1.29, 1.82) is 0 Å². The number of ether oxygens (including phenoxy) is 1. The molecule has 7 nitrogen and oxygen atoms in total. The topological polar surface area (TPSA) is 95.9 Å². The number of urea groups is 1. The lowest BCUT2D eigenvalue weighted by atomic mass is 9.93. The van der Waals surface area contributed by atoms with Gasteiger partial charge < -0.3 is 15.2 Å². The molecule has 0 spiro atoms. The monoisotopic (exact) mass is 414 g/mol. The third kappa shape index (κ3) is 5.27. The number of amides is 2. The number of allylic oxidation sites excluding steroid dienone is 1. The number of hydrogen-bond acceptors (Lipinski definition) is 4. The van der Waals surface area contributed by atoms with Crippen molar-refractivity contribution in [1.82, 2.24) is 10.2 Å². The summed E-state index contributed by atoms with van der Waals surface area (Å²) in [5, 5.41) is 11.3. The fraction of sp³-hybridized carbons (Fsp3) is 0.421. The number of aliphatic carboxylic acids is 1. The van der Waals surface area contributed by atoms with Crippen molar-refractivity contribution < 1.29 is 37.4 Å². The van der Waals surface area contributed by atoms with Crippen molar-refractivity contribution >= 4 is 18.0 Å². The lowest BCUT2D eigenvalue weighted by molar-refractivity contribution is -0.139. The average Bonchev–Trinajstić information content (AvgIpc) is 2.63. The van der Waals surface area contributed by atoms with Gasteiger partial charge in [-0.15, -0.1) is 0 Å². The summed E-state index contributed by atoms with van der Waals surface area (Å²) in [5.41, 5.74) is -0.615. The van der Waals surface area contributed by atoms with Crippen LogP contribution in [0.1, 0.15) is 43.9 Å². The van der Waals surface area contributed by atoms with E-state index in [1.807, 2.05) is 0 Å². The summed E-state index contributed by atoms with van der Waals surface area (Å²) in [6.45, 7) is 3.13. The Morgan fingerprint density at radius 2 is 2.00 bits per heavy atom. The standard InChI is InChI=1S/C19H21F3N2O5/c1-3-29-17(27)15-11(2)24(9-5-8-14(25)26)18(28)23-16(15)12-6-4-7-13(10-12)19(20,21)22/h4,6-7,10,16H,3,5,8-9H2,1-2H3,(H,23,28)(H,25,26)/t16-/m1/s1. The quantitative estimate of drug-likeness (QED) is 0.666. The van der Waals surface area contributed by atoms with Gasteiger partial charge in [0, 0.05) is 18.7 Å². The van der Waals surface area contributed by atoms with E-state index in [9.17, 15) is 27.6 Å². The zero-order chi connectivity index (χ0) is 21.8. The number of alkyl halides is 3. The van der Waals surface area contributed by atoms with Gasteiger partial charge in [-0.25, -0.2) is 9.59 Å². The van der Waals surface area contributed by atoms with Crippen molar-refractivity contribution in [3.63, 3.8) is 0 Å². The minimum Gasteiger partial charge on any atom is -0.481 e. The third-order valence-electron chi connectivity index (χ3n) is 4.41. The van der Waals surface area contributed by atoms with Gasteiger partial charge in [0.2, 0.25) is 0 Å². The summed E-state index contributed by atoms with van der Waals surface area (Å²) in [6.07, 6.45) is -4.62. The van der Waals surface area contributed by atoms with E-state index in [1.165, 1.54) is 24.0 Å². The zero-order valence-electron chi connectivity index (χ0n) is 15.9. The van der Waals surface area contributed by atoms with Crippen molar-refractivity contribution in [2.45, 2.75) is 38.9 Å². The van der Waals surface area contributed by atoms with E-state index in [0.29, 0.717) is 0 Å². The van der Waals surface area contributed by atoms with Crippen molar-refractivity contribution in [3.05, 3.63) is 46.7 Å². The van der Waals surface area contributed by atoms with Gasteiger partial charge in [0.25, 0.3) is 0 Å². The highest BCUT2D eigenvalue weighted by Gasteiger charge is 2.38. The fourth-order valence-electron chi connectivity index (χ4n) is 3.06. The number of halogens is 3. The summed E-state index contributed by atoms with van der Waals surface area (Å²) in [4.78, 5) is 37.0. The molecule has 0 bridgehead atoms. The summed E-state index contributed by atoms with van der Waals surface area (Å²) < 4.78 is 44.3. The first-order chi connectivity index (χ1) is 13.6. The molecule has 158 valence electrons. The van der Waals surface area contributed by atoms with Crippen LogP contribution in [0.4, 0.5) is 18.0 Å². The minimum absolute atomic E-state index is 0.00102. The molecule has 1 aliphatic rings. The lowest BCUT2D eigenvalue weighted by Crippen LogP contribution is -2.48. The van der Waals surface area contributed by atoms with Gasteiger partial charge in [-0.1, -0.05) is 12.1 Å². The largest absolute Gasteiger partial charge is 0.481 e. The molecule has 1 aromatic rings. The van der Waals surface area contributed by atoms with Crippen LogP contribution in [0.5, 0.6) is 0 Å². The number of carboxylic acid groups (broad SMARTS) is 1. The van der Waals surface area contributed by atoms with Gasteiger partial charge in [-0.05, 0) is 38.0 Å². The average molecular weight is 414 g/mol. The number of carbonyl (C=O) groups excluding carboxylic acids is 2. The van der Waals surface area contributed by atoms with E-state index in [1.54, 1.807) is 6.92 Å². The van der Waals surface area contributed by atoms with Crippen LogP contribution in [0, 0.1) is 0 Å². The smallest absolute Gasteiger partial charge is 0.416 e. The molecule has 1 aliphatic heterocycles. The molecule has 0 aromatic heterocycles. The van der Waals surface area contributed by atoms with Crippen LogP contribution in [-0.4, -0.2) is 41.1 Å². The number of carbonyl (C=O) groups is 3. The van der Waals surface area contributed by atoms with Crippen LogP contribution >= 0.6 is 0 Å². The van der Waals surface area contributed by atoms with Gasteiger partial charge >= 0.3 is 24.1 Å². The van der Waals surface area contributed by atoms with E-state index in [-0.39, 0.29) is 42.8 Å². The van der Waals surface area contributed by atoms with E-state index >= 15 is 0 Å². The molecule has 2 amide bonds. The summed E-state index contributed by atoms with van der Waals surface area (Å²) >= 11 is 0. The van der Waals surface area contributed by atoms with Crippen LogP contribution < -0.4 is 5.32 Å². The summed E-state index contributed by atoms with van der Waals surface area (Å²) in [7, 11) is 0. The Morgan fingerprint density at radius 1 is 1.31 bits per heavy atom. The van der Waals surface area contributed by atoms with Crippen LogP contribution in [0.2, 0.25) is 0 Å². The second kappa shape index (κ2) is 8.97. The summed E-state index contributed by atoms with van der Waals surface area (Å²) in [5.74, 6) is -1.80. The molecule has 10 heteroatoms. The first-order valence-corrected chi connectivity index (χ1v) is 8.91. The Balaban J connectivity index is 2.46. The van der Waals surface area contributed by atoms with Crippen molar-refractivity contribution in [2.75, 3.05) is 13.2 Å².